The Morgan fingerprint density at radius 1 is 1.00 bits per heavy atom. The lowest BCUT2D eigenvalue weighted by Gasteiger charge is -2.33. The molecule has 1 aliphatic heterocycles. The van der Waals surface area contributed by atoms with Crippen LogP contribution in [0.3, 0.4) is 0 Å². The highest BCUT2D eigenvalue weighted by molar-refractivity contribution is 6.05. The molecule has 3 aromatic rings. The van der Waals surface area contributed by atoms with Crippen LogP contribution in [0.4, 0.5) is 24.5 Å². The molecule has 0 saturated heterocycles. The minimum atomic E-state index is -0.985. The van der Waals surface area contributed by atoms with Gasteiger partial charge in [-0.15, -0.1) is 0 Å². The van der Waals surface area contributed by atoms with Gasteiger partial charge in [-0.2, -0.15) is 0 Å². The van der Waals surface area contributed by atoms with E-state index in [0.717, 1.165) is 12.1 Å². The van der Waals surface area contributed by atoms with Crippen LogP contribution in [0.2, 0.25) is 0 Å². The number of anilines is 2. The van der Waals surface area contributed by atoms with Gasteiger partial charge in [-0.05, 0) is 55.0 Å². The van der Waals surface area contributed by atoms with Gasteiger partial charge in [-0.25, -0.2) is 13.2 Å². The number of hydrogen-bond donors (Lipinski definition) is 1. The van der Waals surface area contributed by atoms with Gasteiger partial charge in [0.15, 0.2) is 6.10 Å². The molecule has 0 radical (unpaired) electrons. The molecule has 158 valence electrons. The first-order chi connectivity index (χ1) is 14.8. The van der Waals surface area contributed by atoms with Crippen molar-refractivity contribution < 1.29 is 27.5 Å². The smallest absolute Gasteiger partial charge is 0.268 e. The average Bonchev–Trinajstić information content (AvgIpc) is 2.73. The molecule has 1 unspecified atom stereocenters. The number of nitrogens with zero attached hydrogens (tertiary/aromatic N) is 1. The van der Waals surface area contributed by atoms with E-state index < -0.39 is 23.6 Å². The van der Waals surface area contributed by atoms with Crippen LogP contribution in [0.15, 0.2) is 60.7 Å². The van der Waals surface area contributed by atoms with E-state index >= 15 is 0 Å². The molecule has 0 saturated carbocycles. The molecule has 0 aromatic heterocycles. The van der Waals surface area contributed by atoms with Crippen LogP contribution >= 0.6 is 0 Å². The van der Waals surface area contributed by atoms with Crippen molar-refractivity contribution in [2.75, 3.05) is 10.2 Å². The van der Waals surface area contributed by atoms with Crippen molar-refractivity contribution in [2.45, 2.75) is 19.6 Å². The zero-order valence-electron chi connectivity index (χ0n) is 16.4. The van der Waals surface area contributed by atoms with Gasteiger partial charge in [0.2, 0.25) is 0 Å². The molecule has 0 spiro atoms. The maximum atomic E-state index is 13.9. The Labute approximate surface area is 176 Å². The zero-order valence-corrected chi connectivity index (χ0v) is 16.4. The van der Waals surface area contributed by atoms with Crippen LogP contribution in [0.25, 0.3) is 0 Å². The normalized spacial score (nSPS) is 15.3. The van der Waals surface area contributed by atoms with Crippen molar-refractivity contribution in [2.24, 2.45) is 0 Å². The minimum absolute atomic E-state index is 0.170. The lowest BCUT2D eigenvalue weighted by atomic mass is 10.1. The molecule has 2 amide bonds. The molecule has 31 heavy (non-hydrogen) atoms. The third-order valence-corrected chi connectivity index (χ3v) is 4.85. The molecular weight excluding hydrogens is 409 g/mol. The molecule has 8 heteroatoms. The highest BCUT2D eigenvalue weighted by Gasteiger charge is 2.32. The number of carbonyl (C=O) groups excluding carboxylic acids is 2. The van der Waals surface area contributed by atoms with Crippen LogP contribution in [0.1, 0.15) is 22.8 Å². The Hall–Kier alpha value is -3.81. The summed E-state index contributed by atoms with van der Waals surface area (Å²) in [6, 6.07) is 13.1. The Morgan fingerprint density at radius 2 is 1.71 bits per heavy atom. The van der Waals surface area contributed by atoms with E-state index in [1.165, 1.54) is 23.1 Å². The Bertz CT molecular complexity index is 1170. The number of fused-ring (bicyclic) bond motifs is 1. The van der Waals surface area contributed by atoms with Gasteiger partial charge in [0, 0.05) is 11.8 Å². The number of ether oxygens (including phenoxy) is 1. The van der Waals surface area contributed by atoms with E-state index in [1.807, 2.05) is 0 Å². The third kappa shape index (κ3) is 4.23. The quantitative estimate of drug-likeness (QED) is 0.660. The second kappa shape index (κ2) is 8.14. The van der Waals surface area contributed by atoms with E-state index in [9.17, 15) is 22.8 Å². The van der Waals surface area contributed by atoms with Crippen molar-refractivity contribution in [3.8, 4) is 5.75 Å². The van der Waals surface area contributed by atoms with Crippen molar-refractivity contribution in [3.05, 3.63) is 89.2 Å². The monoisotopic (exact) mass is 426 g/mol. The number of nitrogens with one attached hydrogen (secondary N) is 1. The van der Waals surface area contributed by atoms with Gasteiger partial charge < -0.3 is 15.0 Å². The number of halogens is 3. The first-order valence-corrected chi connectivity index (χ1v) is 9.45. The van der Waals surface area contributed by atoms with E-state index in [0.29, 0.717) is 28.8 Å². The summed E-state index contributed by atoms with van der Waals surface area (Å²) in [6.07, 6.45) is -0.721. The summed E-state index contributed by atoms with van der Waals surface area (Å²) in [5, 5.41) is 2.54. The molecule has 5 nitrogen and oxygen atoms in total. The standard InChI is InChI=1S/C23H17F3N2O3/c1-13-23(30)28(12-14-2-4-15(24)5-3-14)20-11-17(7-9-21(20)31-13)27-22(29)18-8-6-16(25)10-19(18)26/h2-11,13H,12H2,1H3,(H,27,29). The molecule has 1 atom stereocenters. The van der Waals surface area contributed by atoms with Crippen molar-refractivity contribution in [1.29, 1.82) is 0 Å². The first-order valence-electron chi connectivity index (χ1n) is 9.45. The topological polar surface area (TPSA) is 58.6 Å². The van der Waals surface area contributed by atoms with Crippen LogP contribution in [-0.4, -0.2) is 17.9 Å². The summed E-state index contributed by atoms with van der Waals surface area (Å²) in [5.74, 6) is -2.79. The molecule has 1 heterocycles. The van der Waals surface area contributed by atoms with Crippen LogP contribution in [0.5, 0.6) is 5.75 Å². The maximum absolute atomic E-state index is 13.9. The fourth-order valence-corrected chi connectivity index (χ4v) is 3.29. The Kier molecular flexibility index (Phi) is 5.37. The Balaban J connectivity index is 1.63. The van der Waals surface area contributed by atoms with Crippen molar-refractivity contribution >= 4 is 23.2 Å². The number of benzene rings is 3. The lowest BCUT2D eigenvalue weighted by Crippen LogP contribution is -2.44. The fraction of sp³-hybridized carbons (Fsp3) is 0.130. The van der Waals surface area contributed by atoms with Gasteiger partial charge >= 0.3 is 0 Å². The second-order valence-corrected chi connectivity index (χ2v) is 7.07. The number of hydrogen-bond acceptors (Lipinski definition) is 3. The van der Waals surface area contributed by atoms with Crippen LogP contribution in [-0.2, 0) is 11.3 Å². The summed E-state index contributed by atoms with van der Waals surface area (Å²) in [6.45, 7) is 1.79. The number of carbonyl (C=O) groups is 2. The predicted molar refractivity (Wildman–Crippen MR) is 108 cm³/mol. The molecule has 4 rings (SSSR count). The second-order valence-electron chi connectivity index (χ2n) is 7.07. The van der Waals surface area contributed by atoms with Crippen LogP contribution in [0, 0.1) is 17.5 Å². The van der Waals surface area contributed by atoms with Gasteiger partial charge in [0.05, 0.1) is 17.8 Å². The fourth-order valence-electron chi connectivity index (χ4n) is 3.29. The molecule has 1 N–H and O–H groups in total. The van der Waals surface area contributed by atoms with E-state index in [-0.39, 0.29) is 23.8 Å². The summed E-state index contributed by atoms with van der Waals surface area (Å²) < 4.78 is 45.9. The highest BCUT2D eigenvalue weighted by Crippen LogP contribution is 2.37. The summed E-state index contributed by atoms with van der Waals surface area (Å²) in [7, 11) is 0. The molecule has 3 aromatic carbocycles. The highest BCUT2D eigenvalue weighted by atomic mass is 19.1. The molecule has 0 bridgehead atoms. The summed E-state index contributed by atoms with van der Waals surface area (Å²) in [5.41, 5.74) is 1.09. The van der Waals surface area contributed by atoms with Crippen molar-refractivity contribution in [1.82, 2.24) is 0 Å². The Morgan fingerprint density at radius 3 is 2.42 bits per heavy atom. The van der Waals surface area contributed by atoms with E-state index in [1.54, 1.807) is 31.2 Å². The lowest BCUT2D eigenvalue weighted by molar-refractivity contribution is -0.125. The van der Waals surface area contributed by atoms with Gasteiger partial charge in [-0.1, -0.05) is 12.1 Å². The first kappa shape index (κ1) is 20.5. The largest absolute Gasteiger partial charge is 0.479 e. The molecule has 0 aliphatic carbocycles. The number of rotatable bonds is 4. The number of amides is 2. The minimum Gasteiger partial charge on any atom is -0.479 e. The van der Waals surface area contributed by atoms with Gasteiger partial charge in [0.25, 0.3) is 11.8 Å². The summed E-state index contributed by atoms with van der Waals surface area (Å²) in [4.78, 5) is 26.6. The molecular formula is C23H17F3N2O3. The summed E-state index contributed by atoms with van der Waals surface area (Å²) >= 11 is 0. The van der Waals surface area contributed by atoms with Crippen LogP contribution < -0.4 is 15.0 Å². The van der Waals surface area contributed by atoms with Gasteiger partial charge in [-0.3, -0.25) is 9.59 Å². The van der Waals surface area contributed by atoms with Gasteiger partial charge in [0.1, 0.15) is 23.2 Å². The molecule has 1 aliphatic rings. The van der Waals surface area contributed by atoms with E-state index in [2.05, 4.69) is 5.32 Å². The van der Waals surface area contributed by atoms with E-state index in [4.69, 9.17) is 4.74 Å². The van der Waals surface area contributed by atoms with Crippen molar-refractivity contribution in [3.63, 3.8) is 0 Å². The zero-order chi connectivity index (χ0) is 22.1. The average molecular weight is 426 g/mol. The molecule has 0 fully saturated rings. The SMILES string of the molecule is CC1Oc2ccc(NC(=O)c3ccc(F)cc3F)cc2N(Cc2ccc(F)cc2)C1=O. The predicted octanol–water partition coefficient (Wildman–Crippen LogP) is 4.67. The third-order valence-electron chi connectivity index (χ3n) is 4.85. The maximum Gasteiger partial charge on any atom is 0.268 e.